The van der Waals surface area contributed by atoms with Gasteiger partial charge in [-0.3, -0.25) is 4.79 Å². The van der Waals surface area contributed by atoms with E-state index < -0.39 is 0 Å². The third-order valence-corrected chi connectivity index (χ3v) is 5.23. The highest BCUT2D eigenvalue weighted by molar-refractivity contribution is 5.94. The zero-order valence-corrected chi connectivity index (χ0v) is 16.8. The van der Waals surface area contributed by atoms with Crippen LogP contribution in [0.3, 0.4) is 0 Å². The van der Waals surface area contributed by atoms with Crippen molar-refractivity contribution in [2.45, 2.75) is 26.2 Å². The Hall–Kier alpha value is -3.03. The van der Waals surface area contributed by atoms with E-state index in [0.717, 1.165) is 11.4 Å². The lowest BCUT2D eigenvalue weighted by molar-refractivity contribution is 0.0746. The van der Waals surface area contributed by atoms with Crippen LogP contribution in [0.25, 0.3) is 11.2 Å². The minimum Gasteiger partial charge on any atom is -0.351 e. The first-order chi connectivity index (χ1) is 13.3. The van der Waals surface area contributed by atoms with Crippen LogP contribution in [-0.4, -0.2) is 61.9 Å². The maximum Gasteiger partial charge on any atom is 0.253 e. The van der Waals surface area contributed by atoms with Gasteiger partial charge in [0.25, 0.3) is 5.91 Å². The summed E-state index contributed by atoms with van der Waals surface area (Å²) in [6, 6.07) is 7.97. The van der Waals surface area contributed by atoms with Gasteiger partial charge in [-0.05, 0) is 23.1 Å². The van der Waals surface area contributed by atoms with E-state index in [-0.39, 0.29) is 11.3 Å². The fourth-order valence-corrected chi connectivity index (χ4v) is 3.49. The summed E-state index contributed by atoms with van der Waals surface area (Å²) >= 11 is 0. The summed E-state index contributed by atoms with van der Waals surface area (Å²) in [5, 5.41) is 8.22. The molecule has 1 amide bonds. The number of benzene rings is 1. The van der Waals surface area contributed by atoms with Crippen molar-refractivity contribution >= 4 is 22.9 Å². The van der Waals surface area contributed by atoms with E-state index in [1.807, 2.05) is 24.1 Å². The van der Waals surface area contributed by atoms with E-state index in [1.165, 1.54) is 11.9 Å². The smallest absolute Gasteiger partial charge is 0.253 e. The lowest BCUT2D eigenvalue weighted by Gasteiger charge is -2.35. The Kier molecular flexibility index (Phi) is 4.49. The minimum atomic E-state index is 0.0763. The second-order valence-electron chi connectivity index (χ2n) is 8.19. The van der Waals surface area contributed by atoms with Crippen molar-refractivity contribution in [1.82, 2.24) is 29.9 Å². The number of hydrogen-bond acceptors (Lipinski definition) is 6. The molecule has 1 aliphatic rings. The van der Waals surface area contributed by atoms with Gasteiger partial charge in [0.05, 0.1) is 0 Å². The Balaban J connectivity index is 1.45. The monoisotopic (exact) mass is 379 g/mol. The van der Waals surface area contributed by atoms with Gasteiger partial charge in [0.15, 0.2) is 17.0 Å². The lowest BCUT2D eigenvalue weighted by atomic mass is 9.86. The largest absolute Gasteiger partial charge is 0.351 e. The van der Waals surface area contributed by atoms with Crippen LogP contribution in [0, 0.1) is 0 Å². The number of carbonyl (C=O) groups excluding carboxylic acids is 1. The molecule has 146 valence electrons. The van der Waals surface area contributed by atoms with Crippen LogP contribution in [-0.2, 0) is 12.5 Å². The van der Waals surface area contributed by atoms with Crippen molar-refractivity contribution in [2.24, 2.45) is 7.05 Å². The fraction of sp³-hybridized carbons (Fsp3) is 0.450. The van der Waals surface area contributed by atoms with Crippen molar-refractivity contribution in [3.8, 4) is 0 Å². The van der Waals surface area contributed by atoms with E-state index in [2.05, 4.69) is 58.1 Å². The van der Waals surface area contributed by atoms with Gasteiger partial charge < -0.3 is 9.80 Å². The molecular weight excluding hydrogens is 354 g/mol. The molecule has 0 radical (unpaired) electrons. The molecule has 4 rings (SSSR count). The molecule has 0 aliphatic carbocycles. The number of piperazine rings is 1. The summed E-state index contributed by atoms with van der Waals surface area (Å²) in [6.07, 6.45) is 1.54. The van der Waals surface area contributed by atoms with Crippen LogP contribution >= 0.6 is 0 Å². The summed E-state index contributed by atoms with van der Waals surface area (Å²) in [5.41, 5.74) is 3.45. The van der Waals surface area contributed by atoms with Crippen LogP contribution in [0.5, 0.6) is 0 Å². The van der Waals surface area contributed by atoms with Gasteiger partial charge in [0.1, 0.15) is 6.33 Å². The molecule has 0 unspecified atom stereocenters. The topological polar surface area (TPSA) is 80.0 Å². The first kappa shape index (κ1) is 18.3. The van der Waals surface area contributed by atoms with Crippen LogP contribution in [0.2, 0.25) is 0 Å². The van der Waals surface area contributed by atoms with Crippen LogP contribution in [0.4, 0.5) is 5.82 Å². The SMILES string of the molecule is Cn1nnc2c(N3CCN(C(=O)c4ccc(C(C)(C)C)cc4)CC3)ncnc21. The van der Waals surface area contributed by atoms with Crippen LogP contribution in [0.15, 0.2) is 30.6 Å². The highest BCUT2D eigenvalue weighted by Gasteiger charge is 2.25. The van der Waals surface area contributed by atoms with Crippen molar-refractivity contribution in [1.29, 1.82) is 0 Å². The Labute approximate surface area is 164 Å². The zero-order valence-electron chi connectivity index (χ0n) is 16.8. The van der Waals surface area contributed by atoms with Crippen molar-refractivity contribution < 1.29 is 4.79 Å². The Morgan fingerprint density at radius 1 is 1.00 bits per heavy atom. The van der Waals surface area contributed by atoms with Crippen molar-refractivity contribution in [3.05, 3.63) is 41.7 Å². The summed E-state index contributed by atoms with van der Waals surface area (Å²) < 4.78 is 1.64. The summed E-state index contributed by atoms with van der Waals surface area (Å²) in [7, 11) is 1.81. The normalized spacial score (nSPS) is 15.3. The average Bonchev–Trinajstić information content (AvgIpc) is 3.08. The van der Waals surface area contributed by atoms with Crippen LogP contribution in [0.1, 0.15) is 36.7 Å². The third-order valence-electron chi connectivity index (χ3n) is 5.23. The molecule has 0 saturated carbocycles. The number of rotatable bonds is 2. The van der Waals surface area contributed by atoms with E-state index in [4.69, 9.17) is 0 Å². The minimum absolute atomic E-state index is 0.0763. The van der Waals surface area contributed by atoms with Gasteiger partial charge in [0.2, 0.25) is 0 Å². The number of anilines is 1. The van der Waals surface area contributed by atoms with E-state index in [0.29, 0.717) is 37.3 Å². The maximum absolute atomic E-state index is 12.9. The molecule has 0 bridgehead atoms. The number of fused-ring (bicyclic) bond motifs is 1. The number of aromatic nitrogens is 5. The number of amides is 1. The molecule has 3 aromatic rings. The molecule has 28 heavy (non-hydrogen) atoms. The molecule has 0 N–H and O–H groups in total. The molecule has 1 fully saturated rings. The molecule has 0 atom stereocenters. The van der Waals surface area contributed by atoms with Gasteiger partial charge in [0, 0.05) is 38.8 Å². The second kappa shape index (κ2) is 6.85. The van der Waals surface area contributed by atoms with Crippen molar-refractivity contribution in [2.75, 3.05) is 31.1 Å². The average molecular weight is 379 g/mol. The Morgan fingerprint density at radius 3 is 2.32 bits per heavy atom. The standard InChI is InChI=1S/C20H25N7O/c1-20(2,3)15-7-5-14(6-8-15)19(28)27-11-9-26(10-12-27)18-16-17(21-13-22-18)25(4)24-23-16/h5-8,13H,9-12H2,1-4H3. The molecule has 1 saturated heterocycles. The highest BCUT2D eigenvalue weighted by Crippen LogP contribution is 2.24. The second-order valence-corrected chi connectivity index (χ2v) is 8.19. The first-order valence-electron chi connectivity index (χ1n) is 9.50. The van der Waals surface area contributed by atoms with Gasteiger partial charge in [-0.15, -0.1) is 5.10 Å². The van der Waals surface area contributed by atoms with Gasteiger partial charge in [-0.2, -0.15) is 0 Å². The number of nitrogens with zero attached hydrogens (tertiary/aromatic N) is 7. The quantitative estimate of drug-likeness (QED) is 0.678. The Bertz CT molecular complexity index is 996. The maximum atomic E-state index is 12.9. The molecule has 0 spiro atoms. The number of aryl methyl sites for hydroxylation is 1. The summed E-state index contributed by atoms with van der Waals surface area (Å²) in [5.74, 6) is 0.854. The van der Waals surface area contributed by atoms with Gasteiger partial charge in [-0.1, -0.05) is 38.1 Å². The molecule has 1 aliphatic heterocycles. The van der Waals surface area contributed by atoms with Gasteiger partial charge in [-0.25, -0.2) is 14.6 Å². The van der Waals surface area contributed by atoms with E-state index >= 15 is 0 Å². The van der Waals surface area contributed by atoms with Crippen molar-refractivity contribution in [3.63, 3.8) is 0 Å². The molecule has 8 nitrogen and oxygen atoms in total. The predicted molar refractivity (Wildman–Crippen MR) is 107 cm³/mol. The highest BCUT2D eigenvalue weighted by atomic mass is 16.2. The zero-order chi connectivity index (χ0) is 19.9. The summed E-state index contributed by atoms with van der Waals surface area (Å²) in [6.45, 7) is 9.21. The van der Waals surface area contributed by atoms with Gasteiger partial charge >= 0.3 is 0 Å². The fourth-order valence-electron chi connectivity index (χ4n) is 3.49. The molecule has 2 aromatic heterocycles. The number of hydrogen-bond donors (Lipinski definition) is 0. The summed E-state index contributed by atoms with van der Waals surface area (Å²) in [4.78, 5) is 25.6. The van der Waals surface area contributed by atoms with E-state index in [9.17, 15) is 4.79 Å². The first-order valence-corrected chi connectivity index (χ1v) is 9.50. The van der Waals surface area contributed by atoms with Crippen LogP contribution < -0.4 is 4.90 Å². The molecule has 3 heterocycles. The number of carbonyl (C=O) groups is 1. The lowest BCUT2D eigenvalue weighted by Crippen LogP contribution is -2.49. The molecular formula is C20H25N7O. The van der Waals surface area contributed by atoms with E-state index in [1.54, 1.807) is 4.68 Å². The Morgan fingerprint density at radius 2 is 1.68 bits per heavy atom. The third kappa shape index (κ3) is 3.30. The molecule has 1 aromatic carbocycles. The molecule has 8 heteroatoms. The predicted octanol–water partition coefficient (Wildman–Crippen LogP) is 2.02.